The van der Waals surface area contributed by atoms with Crippen LogP contribution in [0.25, 0.3) is 5.69 Å². The van der Waals surface area contributed by atoms with E-state index < -0.39 is 11.6 Å². The molecule has 1 aromatic heterocycles. The van der Waals surface area contributed by atoms with E-state index in [0.717, 1.165) is 43.5 Å². The van der Waals surface area contributed by atoms with Gasteiger partial charge in [-0.25, -0.2) is 13.5 Å². The second kappa shape index (κ2) is 5.47. The number of hydrogen-bond donors (Lipinski definition) is 1. The lowest BCUT2D eigenvalue weighted by atomic mass is 9.93. The molecule has 0 aliphatic heterocycles. The van der Waals surface area contributed by atoms with Crippen LogP contribution in [0, 0.1) is 17.6 Å². The average Bonchev–Trinajstić information content (AvgIpc) is 3.21. The number of rotatable bonds is 4. The molecule has 1 fully saturated rings. The van der Waals surface area contributed by atoms with Crippen LogP contribution in [0.1, 0.15) is 43.0 Å². The lowest BCUT2D eigenvalue weighted by molar-refractivity contribution is 0.446. The molecule has 2 aromatic rings. The fourth-order valence-electron chi connectivity index (χ4n) is 3.28. The summed E-state index contributed by atoms with van der Waals surface area (Å²) >= 11 is 0. The summed E-state index contributed by atoms with van der Waals surface area (Å²) < 4.78 is 28.6. The maximum Gasteiger partial charge on any atom is 0.128 e. The molecule has 0 radical (unpaired) electrons. The van der Waals surface area contributed by atoms with Gasteiger partial charge in [0, 0.05) is 23.4 Å². The fraction of sp³-hybridized carbons (Fsp3) is 0.471. The molecule has 4 rings (SSSR count). The highest BCUT2D eigenvalue weighted by atomic mass is 19.1. The Morgan fingerprint density at radius 3 is 2.64 bits per heavy atom. The Morgan fingerprint density at radius 2 is 1.91 bits per heavy atom. The molecule has 0 amide bonds. The van der Waals surface area contributed by atoms with Gasteiger partial charge in [0.05, 0.1) is 11.9 Å². The molecule has 2 aliphatic carbocycles. The molecule has 22 heavy (non-hydrogen) atoms. The summed E-state index contributed by atoms with van der Waals surface area (Å²) in [4.78, 5) is 0. The van der Waals surface area contributed by atoms with Crippen LogP contribution < -0.4 is 5.32 Å². The molecule has 1 N–H and O–H groups in total. The molecular formula is C17H19F2N3. The highest BCUT2D eigenvalue weighted by Gasteiger charge is 2.27. The molecule has 0 bridgehead atoms. The molecule has 3 nitrogen and oxygen atoms in total. The van der Waals surface area contributed by atoms with Crippen LogP contribution in [0.15, 0.2) is 24.4 Å². The Hall–Kier alpha value is -1.75. The normalized spacial score (nSPS) is 20.9. The van der Waals surface area contributed by atoms with Gasteiger partial charge in [0.25, 0.3) is 0 Å². The fourth-order valence-corrected chi connectivity index (χ4v) is 3.28. The molecule has 1 aromatic carbocycles. The van der Waals surface area contributed by atoms with Crippen molar-refractivity contribution in [2.24, 2.45) is 5.92 Å². The first kappa shape index (κ1) is 13.9. The second-order valence-electron chi connectivity index (χ2n) is 6.38. The first-order valence-corrected chi connectivity index (χ1v) is 7.97. The predicted octanol–water partition coefficient (Wildman–Crippen LogP) is 3.53. The summed E-state index contributed by atoms with van der Waals surface area (Å²) in [6, 6.07) is 3.87. The van der Waals surface area contributed by atoms with E-state index >= 15 is 0 Å². The summed E-state index contributed by atoms with van der Waals surface area (Å²) in [5, 5.41) is 8.01. The Kier molecular flexibility index (Phi) is 3.45. The van der Waals surface area contributed by atoms with Crippen molar-refractivity contribution in [3.8, 4) is 5.69 Å². The molecule has 116 valence electrons. The second-order valence-corrected chi connectivity index (χ2v) is 6.38. The van der Waals surface area contributed by atoms with Crippen LogP contribution in [-0.2, 0) is 6.42 Å². The van der Waals surface area contributed by atoms with Crippen LogP contribution in [0.4, 0.5) is 8.78 Å². The van der Waals surface area contributed by atoms with Gasteiger partial charge in [0.15, 0.2) is 0 Å². The highest BCUT2D eigenvalue weighted by molar-refractivity contribution is 5.38. The van der Waals surface area contributed by atoms with Gasteiger partial charge in [-0.3, -0.25) is 0 Å². The zero-order valence-electron chi connectivity index (χ0n) is 12.4. The zero-order chi connectivity index (χ0) is 15.1. The standard InChI is InChI=1S/C17H19F2N3/c18-12-6-13(19)8-14(7-12)22-17-3-1-2-16(15(17)10-21-22)20-9-11-4-5-11/h6-8,10-11,16,20H,1-5,9H2/t16-/m1/s1. The molecule has 0 spiro atoms. The van der Waals surface area contributed by atoms with Gasteiger partial charge in [-0.15, -0.1) is 0 Å². The van der Waals surface area contributed by atoms with Crippen LogP contribution >= 0.6 is 0 Å². The van der Waals surface area contributed by atoms with Crippen molar-refractivity contribution in [1.29, 1.82) is 0 Å². The minimum atomic E-state index is -0.571. The van der Waals surface area contributed by atoms with Crippen LogP contribution in [-0.4, -0.2) is 16.3 Å². The Balaban J connectivity index is 1.64. The van der Waals surface area contributed by atoms with E-state index in [2.05, 4.69) is 10.4 Å². The number of nitrogens with zero attached hydrogens (tertiary/aromatic N) is 2. The summed E-state index contributed by atoms with van der Waals surface area (Å²) in [5.41, 5.74) is 2.71. The molecule has 5 heteroatoms. The molecular weight excluding hydrogens is 284 g/mol. The SMILES string of the molecule is Fc1cc(F)cc(-n2ncc3c2CCC[C@H]3NCC2CC2)c1. The number of aromatic nitrogens is 2. The van der Waals surface area contributed by atoms with E-state index in [1.54, 1.807) is 4.68 Å². The topological polar surface area (TPSA) is 29.9 Å². The van der Waals surface area contributed by atoms with Gasteiger partial charge >= 0.3 is 0 Å². The Morgan fingerprint density at radius 1 is 1.14 bits per heavy atom. The minimum Gasteiger partial charge on any atom is -0.310 e. The van der Waals surface area contributed by atoms with Crippen molar-refractivity contribution >= 4 is 0 Å². The molecule has 2 aliphatic rings. The maximum absolute atomic E-state index is 13.5. The minimum absolute atomic E-state index is 0.316. The van der Waals surface area contributed by atoms with E-state index in [0.29, 0.717) is 11.7 Å². The van der Waals surface area contributed by atoms with E-state index in [9.17, 15) is 8.78 Å². The zero-order valence-corrected chi connectivity index (χ0v) is 12.4. The number of hydrogen-bond acceptors (Lipinski definition) is 2. The van der Waals surface area contributed by atoms with Gasteiger partial charge in [-0.1, -0.05) is 0 Å². The maximum atomic E-state index is 13.5. The quantitative estimate of drug-likeness (QED) is 0.936. The summed E-state index contributed by atoms with van der Waals surface area (Å²) in [6.45, 7) is 1.06. The van der Waals surface area contributed by atoms with Crippen molar-refractivity contribution < 1.29 is 8.78 Å². The molecule has 0 saturated heterocycles. The lowest BCUT2D eigenvalue weighted by Gasteiger charge is -2.24. The van der Waals surface area contributed by atoms with Gasteiger partial charge < -0.3 is 5.32 Å². The number of halogens is 2. The number of benzene rings is 1. The third kappa shape index (κ3) is 2.65. The van der Waals surface area contributed by atoms with Crippen molar-refractivity contribution in [3.05, 3.63) is 47.3 Å². The first-order chi connectivity index (χ1) is 10.7. The van der Waals surface area contributed by atoms with Crippen molar-refractivity contribution in [2.75, 3.05) is 6.54 Å². The number of fused-ring (bicyclic) bond motifs is 1. The van der Waals surface area contributed by atoms with Crippen LogP contribution in [0.2, 0.25) is 0 Å². The van der Waals surface area contributed by atoms with E-state index in [1.165, 1.54) is 30.5 Å². The Bertz CT molecular complexity index is 671. The van der Waals surface area contributed by atoms with Gasteiger partial charge in [0.2, 0.25) is 0 Å². The van der Waals surface area contributed by atoms with Crippen LogP contribution in [0.3, 0.4) is 0 Å². The molecule has 1 saturated carbocycles. The van der Waals surface area contributed by atoms with E-state index in [1.807, 2.05) is 6.20 Å². The highest BCUT2D eigenvalue weighted by Crippen LogP contribution is 2.33. The molecule has 1 atom stereocenters. The molecule has 0 unspecified atom stereocenters. The van der Waals surface area contributed by atoms with Gasteiger partial charge in [-0.05, 0) is 56.7 Å². The van der Waals surface area contributed by atoms with Crippen LogP contribution in [0.5, 0.6) is 0 Å². The Labute approximate surface area is 128 Å². The summed E-state index contributed by atoms with van der Waals surface area (Å²) in [7, 11) is 0. The third-order valence-corrected chi connectivity index (χ3v) is 4.62. The third-order valence-electron chi connectivity index (χ3n) is 4.62. The lowest BCUT2D eigenvalue weighted by Crippen LogP contribution is -2.27. The predicted molar refractivity (Wildman–Crippen MR) is 79.9 cm³/mol. The summed E-state index contributed by atoms with van der Waals surface area (Å²) in [6.07, 6.45) is 7.57. The van der Waals surface area contributed by atoms with Crippen molar-refractivity contribution in [2.45, 2.75) is 38.1 Å². The van der Waals surface area contributed by atoms with E-state index in [4.69, 9.17) is 0 Å². The number of nitrogens with one attached hydrogen (secondary N) is 1. The summed E-state index contributed by atoms with van der Waals surface area (Å²) in [5.74, 6) is -0.310. The van der Waals surface area contributed by atoms with Crippen molar-refractivity contribution in [3.63, 3.8) is 0 Å². The van der Waals surface area contributed by atoms with E-state index in [-0.39, 0.29) is 0 Å². The van der Waals surface area contributed by atoms with Crippen molar-refractivity contribution in [1.82, 2.24) is 15.1 Å². The van der Waals surface area contributed by atoms with Gasteiger partial charge in [-0.2, -0.15) is 5.10 Å². The molecule has 1 heterocycles. The van der Waals surface area contributed by atoms with Gasteiger partial charge in [0.1, 0.15) is 11.6 Å². The smallest absolute Gasteiger partial charge is 0.128 e. The average molecular weight is 303 g/mol. The monoisotopic (exact) mass is 303 g/mol. The first-order valence-electron chi connectivity index (χ1n) is 7.97. The largest absolute Gasteiger partial charge is 0.310 e.